The predicted molar refractivity (Wildman–Crippen MR) is 76.9 cm³/mol. The number of fused-ring (bicyclic) bond motifs is 2. The van der Waals surface area contributed by atoms with Crippen molar-refractivity contribution in [1.29, 1.82) is 0 Å². The van der Waals surface area contributed by atoms with Crippen LogP contribution in [-0.2, 0) is 4.79 Å². The number of carbonyl (C=O) groups is 1. The van der Waals surface area contributed by atoms with Crippen LogP contribution in [0.15, 0.2) is 12.2 Å². The second-order valence-electron chi connectivity index (χ2n) is 7.36. The van der Waals surface area contributed by atoms with E-state index in [4.69, 9.17) is 0 Å². The van der Waals surface area contributed by atoms with Crippen LogP contribution in [0.1, 0.15) is 47.0 Å². The number of hydrogen-bond donors (Lipinski definition) is 1. The minimum atomic E-state index is -0.663. The van der Waals surface area contributed by atoms with Crippen molar-refractivity contribution in [3.63, 3.8) is 0 Å². The highest BCUT2D eigenvalue weighted by Gasteiger charge is 2.46. The van der Waals surface area contributed by atoms with Crippen LogP contribution in [0.3, 0.4) is 0 Å². The Hall–Kier alpha value is -0.670. The number of nitrogens with zero attached hydrogens (tertiary/aromatic N) is 1. The molecule has 19 heavy (non-hydrogen) atoms. The van der Waals surface area contributed by atoms with E-state index in [0.717, 1.165) is 19.3 Å². The van der Waals surface area contributed by atoms with E-state index in [1.807, 2.05) is 19.9 Å². The monoisotopic (exact) mass is 265 g/mol. The van der Waals surface area contributed by atoms with Crippen molar-refractivity contribution in [1.82, 2.24) is 4.90 Å². The zero-order valence-corrected chi connectivity index (χ0v) is 12.8. The van der Waals surface area contributed by atoms with Crippen molar-refractivity contribution in [2.45, 2.75) is 64.6 Å². The Bertz CT molecular complexity index is 398. The number of allylic oxidation sites excluding steroid dienone is 2. The van der Waals surface area contributed by atoms with Gasteiger partial charge in [-0.05, 0) is 44.7 Å². The Labute approximate surface area is 116 Å². The molecule has 4 atom stereocenters. The Morgan fingerprint density at radius 2 is 2.00 bits per heavy atom. The largest absolute Gasteiger partial charge is 0.389 e. The van der Waals surface area contributed by atoms with E-state index < -0.39 is 5.60 Å². The van der Waals surface area contributed by atoms with Gasteiger partial charge < -0.3 is 5.11 Å². The molecule has 0 aliphatic carbocycles. The van der Waals surface area contributed by atoms with E-state index in [2.05, 4.69) is 25.8 Å². The number of rotatable bonds is 0. The van der Waals surface area contributed by atoms with Gasteiger partial charge in [-0.3, -0.25) is 9.69 Å². The molecule has 4 unspecified atom stereocenters. The first kappa shape index (κ1) is 14.7. The van der Waals surface area contributed by atoms with Gasteiger partial charge in [0.05, 0.1) is 5.60 Å². The number of likely N-dealkylation sites (N-methyl/N-ethyl adjacent to an activating group) is 1. The first-order chi connectivity index (χ1) is 8.64. The highest BCUT2D eigenvalue weighted by atomic mass is 16.3. The lowest BCUT2D eigenvalue weighted by atomic mass is 9.74. The van der Waals surface area contributed by atoms with Crippen molar-refractivity contribution in [2.75, 3.05) is 7.05 Å². The molecule has 0 aromatic heterocycles. The molecule has 2 aliphatic heterocycles. The van der Waals surface area contributed by atoms with Crippen LogP contribution in [0, 0.1) is 11.3 Å². The number of hydrogen-bond acceptors (Lipinski definition) is 3. The van der Waals surface area contributed by atoms with Crippen LogP contribution in [0.5, 0.6) is 0 Å². The van der Waals surface area contributed by atoms with Crippen molar-refractivity contribution in [2.24, 2.45) is 11.3 Å². The molecule has 2 aliphatic rings. The Kier molecular flexibility index (Phi) is 3.65. The third-order valence-corrected chi connectivity index (χ3v) is 5.12. The molecule has 1 N–H and O–H groups in total. The highest BCUT2D eigenvalue weighted by molar-refractivity contribution is 5.92. The van der Waals surface area contributed by atoms with Crippen LogP contribution in [0.25, 0.3) is 0 Å². The van der Waals surface area contributed by atoms with Crippen LogP contribution in [0.2, 0.25) is 0 Å². The summed E-state index contributed by atoms with van der Waals surface area (Å²) < 4.78 is 0. The molecule has 0 amide bonds. The van der Waals surface area contributed by atoms with Crippen molar-refractivity contribution in [3.8, 4) is 0 Å². The molecule has 0 aromatic carbocycles. The summed E-state index contributed by atoms with van der Waals surface area (Å²) in [5, 5.41) is 10.7. The van der Waals surface area contributed by atoms with Crippen LogP contribution >= 0.6 is 0 Å². The predicted octanol–water partition coefficient (Wildman–Crippen LogP) is 2.39. The van der Waals surface area contributed by atoms with Gasteiger partial charge >= 0.3 is 0 Å². The summed E-state index contributed by atoms with van der Waals surface area (Å²) in [5.74, 6) is 0.223. The van der Waals surface area contributed by atoms with Gasteiger partial charge in [-0.2, -0.15) is 0 Å². The Morgan fingerprint density at radius 3 is 2.63 bits per heavy atom. The fourth-order valence-electron chi connectivity index (χ4n) is 3.66. The number of ketones is 1. The second kappa shape index (κ2) is 4.71. The summed E-state index contributed by atoms with van der Waals surface area (Å²) in [6, 6.07) is 0.357. The molecule has 0 saturated carbocycles. The lowest BCUT2D eigenvalue weighted by Crippen LogP contribution is -2.60. The summed E-state index contributed by atoms with van der Waals surface area (Å²) in [6.07, 6.45) is 6.33. The topological polar surface area (TPSA) is 40.5 Å². The number of carbonyl (C=O) groups excluding carboxylic acids is 1. The molecule has 3 nitrogen and oxygen atoms in total. The molecule has 2 rings (SSSR count). The van der Waals surface area contributed by atoms with E-state index in [1.54, 1.807) is 6.08 Å². The molecule has 1 fully saturated rings. The van der Waals surface area contributed by atoms with Crippen LogP contribution in [0.4, 0.5) is 0 Å². The summed E-state index contributed by atoms with van der Waals surface area (Å²) in [6.45, 7) is 8.23. The third-order valence-electron chi connectivity index (χ3n) is 5.12. The Morgan fingerprint density at radius 1 is 1.37 bits per heavy atom. The van der Waals surface area contributed by atoms with Crippen LogP contribution in [-0.4, -0.2) is 40.5 Å². The summed E-state index contributed by atoms with van der Waals surface area (Å²) in [7, 11) is 2.06. The smallest absolute Gasteiger partial charge is 0.159 e. The standard InChI is InChI=1S/C16H27NO2/c1-11-12-6-9-16(4,19)14(17(12)5)10-15(2,3)8-7-13(11)18/h7-8,11-12,14,19H,6,9-10H2,1-5H3/b8-7-. The summed E-state index contributed by atoms with van der Waals surface area (Å²) in [5.41, 5.74) is -0.728. The Balaban J connectivity index is 2.42. The van der Waals surface area contributed by atoms with Gasteiger partial charge in [0, 0.05) is 18.0 Å². The third kappa shape index (κ3) is 2.77. The molecular weight excluding hydrogens is 238 g/mol. The second-order valence-corrected chi connectivity index (χ2v) is 7.36. The zero-order chi connectivity index (χ0) is 14.4. The molecule has 2 heterocycles. The van der Waals surface area contributed by atoms with Crippen molar-refractivity contribution < 1.29 is 9.90 Å². The summed E-state index contributed by atoms with van der Waals surface area (Å²) >= 11 is 0. The quantitative estimate of drug-likeness (QED) is 0.731. The van der Waals surface area contributed by atoms with Gasteiger partial charge in [0.1, 0.15) is 0 Å². The first-order valence-corrected chi connectivity index (χ1v) is 7.31. The average Bonchev–Trinajstić information content (AvgIpc) is 2.32. The van der Waals surface area contributed by atoms with Gasteiger partial charge in [-0.25, -0.2) is 0 Å². The molecule has 108 valence electrons. The van der Waals surface area contributed by atoms with Gasteiger partial charge in [0.25, 0.3) is 0 Å². The van der Waals surface area contributed by atoms with E-state index >= 15 is 0 Å². The highest BCUT2D eigenvalue weighted by Crippen LogP contribution is 2.40. The molecule has 0 aromatic rings. The lowest BCUT2D eigenvalue weighted by Gasteiger charge is -2.50. The van der Waals surface area contributed by atoms with Crippen LogP contribution < -0.4 is 0 Å². The molecular formula is C16H27NO2. The maximum absolute atomic E-state index is 12.2. The molecule has 0 radical (unpaired) electrons. The summed E-state index contributed by atoms with van der Waals surface area (Å²) in [4.78, 5) is 14.5. The lowest BCUT2D eigenvalue weighted by molar-refractivity contribution is -0.127. The number of aliphatic hydroxyl groups is 1. The normalized spacial score (nSPS) is 45.2. The fourth-order valence-corrected chi connectivity index (χ4v) is 3.66. The number of piperidine rings is 1. The minimum Gasteiger partial charge on any atom is -0.389 e. The van der Waals surface area contributed by atoms with Crippen molar-refractivity contribution in [3.05, 3.63) is 12.2 Å². The minimum absolute atomic E-state index is 0.00810. The average molecular weight is 265 g/mol. The van der Waals surface area contributed by atoms with E-state index in [9.17, 15) is 9.90 Å². The maximum atomic E-state index is 12.2. The molecule has 0 spiro atoms. The van der Waals surface area contributed by atoms with Gasteiger partial charge in [-0.15, -0.1) is 0 Å². The SMILES string of the molecule is CC1C(=O)/C=C\C(C)(C)CC2N(C)C1CCC2(C)O. The molecule has 2 bridgehead atoms. The van der Waals surface area contributed by atoms with Gasteiger partial charge in [0.15, 0.2) is 5.78 Å². The van der Waals surface area contributed by atoms with Gasteiger partial charge in [-0.1, -0.05) is 26.8 Å². The van der Waals surface area contributed by atoms with Gasteiger partial charge in [0.2, 0.25) is 0 Å². The van der Waals surface area contributed by atoms with E-state index in [-0.39, 0.29) is 29.2 Å². The molecule has 3 heteroatoms. The first-order valence-electron chi connectivity index (χ1n) is 7.31. The fraction of sp³-hybridized carbons (Fsp3) is 0.812. The maximum Gasteiger partial charge on any atom is 0.159 e. The van der Waals surface area contributed by atoms with Crippen molar-refractivity contribution >= 4 is 5.78 Å². The molecule has 1 saturated heterocycles. The zero-order valence-electron chi connectivity index (χ0n) is 12.8. The van der Waals surface area contributed by atoms with E-state index in [0.29, 0.717) is 0 Å². The van der Waals surface area contributed by atoms with E-state index in [1.165, 1.54) is 0 Å².